The maximum Gasteiger partial charge on any atom is 0.221 e. The lowest BCUT2D eigenvalue weighted by Gasteiger charge is -2.39. The molecule has 1 amide bonds. The minimum atomic E-state index is 0.0506. The van der Waals surface area contributed by atoms with Crippen LogP contribution in [0.3, 0.4) is 0 Å². The van der Waals surface area contributed by atoms with E-state index in [2.05, 4.69) is 38.2 Å². The molecule has 2 unspecified atom stereocenters. The highest BCUT2D eigenvalue weighted by Gasteiger charge is 2.41. The molecule has 0 spiro atoms. The Morgan fingerprint density at radius 1 is 0.967 bits per heavy atom. The molecule has 1 aliphatic rings. The molecule has 1 rings (SSSR count). The van der Waals surface area contributed by atoms with Gasteiger partial charge in [0.1, 0.15) is 6.54 Å². The van der Waals surface area contributed by atoms with Crippen molar-refractivity contribution in [1.82, 2.24) is 5.32 Å². The molecule has 30 heavy (non-hydrogen) atoms. The van der Waals surface area contributed by atoms with Crippen molar-refractivity contribution in [2.45, 2.75) is 124 Å². The van der Waals surface area contributed by atoms with E-state index in [9.17, 15) is 4.79 Å². The summed E-state index contributed by atoms with van der Waals surface area (Å²) in [5, 5.41) is 3.10. The number of allylic oxidation sites excluding steroid dienone is 2. The molecule has 0 aliphatic carbocycles. The van der Waals surface area contributed by atoms with Gasteiger partial charge in [-0.25, -0.2) is 4.99 Å². The second-order valence-electron chi connectivity index (χ2n) is 9.08. The summed E-state index contributed by atoms with van der Waals surface area (Å²) in [7, 11) is 0. The van der Waals surface area contributed by atoms with Gasteiger partial charge in [-0.1, -0.05) is 76.9 Å². The molecule has 0 saturated heterocycles. The summed E-state index contributed by atoms with van der Waals surface area (Å²) in [6, 6.07) is 0. The van der Waals surface area contributed by atoms with Gasteiger partial charge in [-0.05, 0) is 32.6 Å². The van der Waals surface area contributed by atoms with E-state index < -0.39 is 0 Å². The normalized spacial score (nSPS) is 19.9. The van der Waals surface area contributed by atoms with Crippen LogP contribution in [0.1, 0.15) is 118 Å². The Hall–Kier alpha value is -1.16. The SMILES string of the molecule is CCCCCCCCCCCC/C=C/CCCC1=NCC[N+]1(CC)C(C)NC(C)=O. The van der Waals surface area contributed by atoms with Crippen LogP contribution < -0.4 is 5.32 Å². The average Bonchev–Trinajstić information content (AvgIpc) is 3.14. The zero-order valence-electron chi connectivity index (χ0n) is 20.6. The number of nitrogens with one attached hydrogen (secondary N) is 1. The molecule has 0 aromatic carbocycles. The number of carbonyl (C=O) groups excluding carboxylic acids is 1. The van der Waals surface area contributed by atoms with Gasteiger partial charge in [0, 0.05) is 20.3 Å². The number of unbranched alkanes of at least 4 members (excludes halogenated alkanes) is 11. The van der Waals surface area contributed by atoms with E-state index in [1.807, 2.05) is 0 Å². The number of quaternary nitrogens is 1. The number of rotatable bonds is 18. The Balaban J connectivity index is 2.10. The van der Waals surface area contributed by atoms with Gasteiger partial charge < -0.3 is 5.32 Å². The summed E-state index contributed by atoms with van der Waals surface area (Å²) in [5.74, 6) is 1.33. The van der Waals surface area contributed by atoms with Gasteiger partial charge >= 0.3 is 0 Å². The Bertz CT molecular complexity index is 514. The molecule has 1 heterocycles. The molecule has 0 fully saturated rings. The summed E-state index contributed by atoms with van der Waals surface area (Å²) < 4.78 is 0.835. The van der Waals surface area contributed by atoms with Gasteiger partial charge in [0.2, 0.25) is 5.91 Å². The smallest absolute Gasteiger partial charge is 0.221 e. The molecule has 4 nitrogen and oxygen atoms in total. The lowest BCUT2D eigenvalue weighted by molar-refractivity contribution is -0.861. The highest BCUT2D eigenvalue weighted by atomic mass is 16.1. The molecule has 0 aromatic heterocycles. The van der Waals surface area contributed by atoms with Crippen molar-refractivity contribution < 1.29 is 9.28 Å². The highest BCUT2D eigenvalue weighted by molar-refractivity contribution is 5.78. The van der Waals surface area contributed by atoms with Crippen LogP contribution in [0, 0.1) is 0 Å². The van der Waals surface area contributed by atoms with Crippen molar-refractivity contribution >= 4 is 11.7 Å². The van der Waals surface area contributed by atoms with Crippen LogP contribution in [-0.4, -0.2) is 42.0 Å². The third-order valence-corrected chi connectivity index (χ3v) is 6.69. The topological polar surface area (TPSA) is 41.5 Å². The Morgan fingerprint density at radius 2 is 1.53 bits per heavy atom. The third kappa shape index (κ3) is 10.2. The monoisotopic (exact) mass is 420 g/mol. The fourth-order valence-electron chi connectivity index (χ4n) is 4.74. The third-order valence-electron chi connectivity index (χ3n) is 6.69. The summed E-state index contributed by atoms with van der Waals surface area (Å²) in [4.78, 5) is 16.3. The molecule has 174 valence electrons. The maximum absolute atomic E-state index is 11.5. The number of carbonyl (C=O) groups is 1. The first kappa shape index (κ1) is 26.9. The number of amides is 1. The largest absolute Gasteiger partial charge is 0.307 e. The number of hydrogen-bond acceptors (Lipinski definition) is 2. The molecule has 4 heteroatoms. The van der Waals surface area contributed by atoms with E-state index in [1.54, 1.807) is 6.92 Å². The molecule has 0 saturated carbocycles. The van der Waals surface area contributed by atoms with Gasteiger partial charge in [0.25, 0.3) is 0 Å². The lowest BCUT2D eigenvalue weighted by Crippen LogP contribution is -2.62. The molecule has 0 bridgehead atoms. The number of nitrogens with zero attached hydrogens (tertiary/aromatic N) is 2. The summed E-state index contributed by atoms with van der Waals surface area (Å²) in [6.45, 7) is 11.1. The maximum atomic E-state index is 11.5. The predicted octanol–water partition coefficient (Wildman–Crippen LogP) is 6.75. The van der Waals surface area contributed by atoms with Crippen LogP contribution in [0.5, 0.6) is 0 Å². The minimum absolute atomic E-state index is 0.0506. The fourth-order valence-corrected chi connectivity index (χ4v) is 4.74. The minimum Gasteiger partial charge on any atom is -0.307 e. The Kier molecular flexibility index (Phi) is 14.8. The number of amidine groups is 1. The number of hydrogen-bond donors (Lipinski definition) is 1. The Labute approximate surface area is 187 Å². The van der Waals surface area contributed by atoms with Crippen molar-refractivity contribution in [2.75, 3.05) is 19.6 Å². The number of aliphatic imine (C=N–C) groups is 1. The predicted molar refractivity (Wildman–Crippen MR) is 131 cm³/mol. The molecular weight excluding hydrogens is 370 g/mol. The van der Waals surface area contributed by atoms with E-state index in [0.717, 1.165) is 43.4 Å². The highest BCUT2D eigenvalue weighted by Crippen LogP contribution is 2.22. The Morgan fingerprint density at radius 3 is 2.10 bits per heavy atom. The van der Waals surface area contributed by atoms with E-state index in [-0.39, 0.29) is 12.1 Å². The second kappa shape index (κ2) is 16.5. The van der Waals surface area contributed by atoms with Gasteiger partial charge in [-0.2, -0.15) is 0 Å². The lowest BCUT2D eigenvalue weighted by atomic mass is 10.1. The van der Waals surface area contributed by atoms with Crippen molar-refractivity contribution in [3.63, 3.8) is 0 Å². The van der Waals surface area contributed by atoms with Crippen LogP contribution in [0.25, 0.3) is 0 Å². The molecule has 1 aliphatic heterocycles. The molecular formula is C26H50N3O+. The molecule has 2 atom stereocenters. The summed E-state index contributed by atoms with van der Waals surface area (Å²) >= 11 is 0. The van der Waals surface area contributed by atoms with Crippen LogP contribution in [0.15, 0.2) is 17.1 Å². The van der Waals surface area contributed by atoms with Crippen LogP contribution in [-0.2, 0) is 4.79 Å². The number of likely N-dealkylation sites (N-methyl/N-ethyl adjacent to an activating group) is 1. The van der Waals surface area contributed by atoms with Crippen molar-refractivity contribution in [3.8, 4) is 0 Å². The zero-order valence-corrected chi connectivity index (χ0v) is 20.6. The first-order valence-corrected chi connectivity index (χ1v) is 12.9. The van der Waals surface area contributed by atoms with Gasteiger partial charge in [-0.3, -0.25) is 9.28 Å². The molecule has 0 aromatic rings. The van der Waals surface area contributed by atoms with E-state index in [0.29, 0.717) is 0 Å². The van der Waals surface area contributed by atoms with Gasteiger partial charge in [0.15, 0.2) is 12.0 Å². The fraction of sp³-hybridized carbons (Fsp3) is 0.846. The first-order chi connectivity index (χ1) is 14.6. The van der Waals surface area contributed by atoms with Crippen molar-refractivity contribution in [2.24, 2.45) is 4.99 Å². The molecule has 0 radical (unpaired) electrons. The van der Waals surface area contributed by atoms with E-state index in [1.165, 1.54) is 76.5 Å². The summed E-state index contributed by atoms with van der Waals surface area (Å²) in [5.41, 5.74) is 0. The second-order valence-corrected chi connectivity index (χ2v) is 9.08. The van der Waals surface area contributed by atoms with Crippen LogP contribution in [0.2, 0.25) is 0 Å². The van der Waals surface area contributed by atoms with Gasteiger partial charge in [-0.15, -0.1) is 0 Å². The van der Waals surface area contributed by atoms with Crippen molar-refractivity contribution in [3.05, 3.63) is 12.2 Å². The molecule has 1 N–H and O–H groups in total. The van der Waals surface area contributed by atoms with Crippen molar-refractivity contribution in [1.29, 1.82) is 0 Å². The first-order valence-electron chi connectivity index (χ1n) is 12.9. The van der Waals surface area contributed by atoms with Crippen LogP contribution in [0.4, 0.5) is 0 Å². The summed E-state index contributed by atoms with van der Waals surface area (Å²) in [6.07, 6.45) is 23.5. The quantitative estimate of drug-likeness (QED) is 0.149. The average molecular weight is 421 g/mol. The van der Waals surface area contributed by atoms with E-state index >= 15 is 0 Å². The van der Waals surface area contributed by atoms with E-state index in [4.69, 9.17) is 4.99 Å². The van der Waals surface area contributed by atoms with Crippen LogP contribution >= 0.6 is 0 Å². The zero-order chi connectivity index (χ0) is 22.1. The standard InChI is InChI=1S/C26H49N3O/c1-5-7-8-9-10-11-12-13-14-15-16-17-18-19-20-21-26-27-22-23-29(26,6-2)24(3)28-25(4)30/h17-18,24H,5-16,19-23H2,1-4H3/p+1/b18-17+. The van der Waals surface area contributed by atoms with Gasteiger partial charge in [0.05, 0.1) is 13.1 Å².